The largest absolute Gasteiger partial charge is 0.349 e. The van der Waals surface area contributed by atoms with Crippen molar-refractivity contribution in [2.24, 2.45) is 13.5 Å². The summed E-state index contributed by atoms with van der Waals surface area (Å²) in [6.45, 7) is 13.5. The van der Waals surface area contributed by atoms with Crippen LogP contribution < -0.4 is 0 Å². The Morgan fingerprint density at radius 1 is 0.417 bits per heavy atom. The molecule has 0 N–H and O–H groups in total. The summed E-state index contributed by atoms with van der Waals surface area (Å²) in [6, 6.07) is 0. The molecule has 144 valence electrons. The fourth-order valence-electron chi connectivity index (χ4n) is 1.91. The summed E-state index contributed by atoms with van der Waals surface area (Å²) in [6.07, 6.45) is 0. The van der Waals surface area contributed by atoms with Gasteiger partial charge in [0.2, 0.25) is 0 Å². The van der Waals surface area contributed by atoms with Gasteiger partial charge in [0, 0.05) is 0 Å². The van der Waals surface area contributed by atoms with Crippen LogP contribution in [0.25, 0.3) is 0 Å². The number of rotatable bonds is 12. The molecule has 0 amide bonds. The van der Waals surface area contributed by atoms with Gasteiger partial charge >= 0.3 is 23.0 Å². The molecule has 1 rings (SSSR count). The van der Waals surface area contributed by atoms with E-state index in [0.717, 1.165) is 0 Å². The van der Waals surface area contributed by atoms with Gasteiger partial charge in [0.25, 0.3) is 0 Å². The second kappa shape index (κ2) is 10.6. The monoisotopic (exact) mass is 405 g/mol. The Bertz CT molecular complexity index is 432. The Morgan fingerprint density at radius 3 is 0.708 bits per heavy atom. The van der Waals surface area contributed by atoms with Gasteiger partial charge in [-0.05, 0) is 41.5 Å². The van der Waals surface area contributed by atoms with Crippen molar-refractivity contribution in [2.75, 3.05) is 39.6 Å². The summed E-state index contributed by atoms with van der Waals surface area (Å²) in [5.74, 6) is 0. The average Bonchev–Trinajstić information content (AvgIpc) is 2.48. The summed E-state index contributed by atoms with van der Waals surface area (Å²) >= 11 is 0. The Hall–Kier alpha value is 0.450. The smallest absolute Gasteiger partial charge is 0.307 e. The van der Waals surface area contributed by atoms with E-state index in [0.29, 0.717) is 39.6 Å². The molecule has 24 heavy (non-hydrogen) atoms. The molecular formula is C12H30N3O6P3. The van der Waals surface area contributed by atoms with Gasteiger partial charge in [-0.15, -0.1) is 13.5 Å². The zero-order valence-corrected chi connectivity index (χ0v) is 18.1. The van der Waals surface area contributed by atoms with Crippen LogP contribution in [-0.2, 0) is 27.1 Å². The van der Waals surface area contributed by atoms with E-state index < -0.39 is 23.0 Å². The molecular weight excluding hydrogens is 375 g/mol. The highest BCUT2D eigenvalue weighted by molar-refractivity contribution is 7.78. The lowest BCUT2D eigenvalue weighted by atomic mass is 10.9. The number of nitrogens with zero attached hydrogens (tertiary/aromatic N) is 3. The van der Waals surface area contributed by atoms with Crippen LogP contribution in [0.1, 0.15) is 41.5 Å². The van der Waals surface area contributed by atoms with Crippen molar-refractivity contribution in [3.8, 4) is 0 Å². The van der Waals surface area contributed by atoms with Crippen molar-refractivity contribution in [3.05, 3.63) is 0 Å². The molecule has 0 saturated heterocycles. The van der Waals surface area contributed by atoms with E-state index in [1.54, 1.807) is 0 Å². The second-order valence-corrected chi connectivity index (χ2v) is 10.9. The first-order valence-corrected chi connectivity index (χ1v) is 12.9. The SMILES string of the molecule is CCOP1(OCC)=NP(OCC)(OCC)=NP(OCC)(OCC)=N1. The lowest BCUT2D eigenvalue weighted by Crippen LogP contribution is -2.04. The molecule has 0 radical (unpaired) electrons. The van der Waals surface area contributed by atoms with Crippen LogP contribution in [0.15, 0.2) is 13.5 Å². The van der Waals surface area contributed by atoms with Crippen LogP contribution in [0.5, 0.6) is 0 Å². The Morgan fingerprint density at radius 2 is 0.583 bits per heavy atom. The normalized spacial score (nSPS) is 20.8. The van der Waals surface area contributed by atoms with Gasteiger partial charge in [0.15, 0.2) is 0 Å². The molecule has 0 bridgehead atoms. The van der Waals surface area contributed by atoms with Crippen LogP contribution in [-0.4, -0.2) is 39.6 Å². The first kappa shape index (κ1) is 22.5. The maximum atomic E-state index is 5.84. The molecule has 0 unspecified atom stereocenters. The van der Waals surface area contributed by atoms with E-state index in [9.17, 15) is 0 Å². The first-order chi connectivity index (χ1) is 11.5. The summed E-state index contributed by atoms with van der Waals surface area (Å²) in [5.41, 5.74) is 0. The van der Waals surface area contributed by atoms with Crippen molar-refractivity contribution in [1.29, 1.82) is 0 Å². The van der Waals surface area contributed by atoms with Crippen molar-refractivity contribution < 1.29 is 27.1 Å². The van der Waals surface area contributed by atoms with Crippen LogP contribution >= 0.6 is 23.0 Å². The molecule has 1 aliphatic rings. The second-order valence-electron chi connectivity index (χ2n) is 4.25. The molecule has 0 aromatic heterocycles. The lowest BCUT2D eigenvalue weighted by Gasteiger charge is -2.32. The minimum Gasteiger partial charge on any atom is -0.307 e. The van der Waals surface area contributed by atoms with E-state index >= 15 is 0 Å². The maximum absolute atomic E-state index is 5.84. The van der Waals surface area contributed by atoms with Gasteiger partial charge in [-0.1, -0.05) is 0 Å². The van der Waals surface area contributed by atoms with Crippen molar-refractivity contribution >= 4 is 23.0 Å². The summed E-state index contributed by atoms with van der Waals surface area (Å²) in [7, 11) is -8.99. The highest BCUT2D eigenvalue weighted by Crippen LogP contribution is 2.80. The van der Waals surface area contributed by atoms with Crippen LogP contribution in [0.4, 0.5) is 0 Å². The van der Waals surface area contributed by atoms with Crippen LogP contribution in [0, 0.1) is 0 Å². The predicted molar refractivity (Wildman–Crippen MR) is 97.8 cm³/mol. The summed E-state index contributed by atoms with van der Waals surface area (Å²) in [5, 5.41) is 0. The third-order valence-corrected chi connectivity index (χ3v) is 11.5. The molecule has 12 heteroatoms. The molecule has 0 aliphatic carbocycles. The minimum atomic E-state index is -3.00. The van der Waals surface area contributed by atoms with Gasteiger partial charge < -0.3 is 27.1 Å². The standard InChI is InChI=1S/C12H30N3O6P3/c1-7-16-22(17-8-2)13-23(18-9-3,19-10-4)15-24(14-22,20-11-5)21-12-6/h7-12H2,1-6H3. The van der Waals surface area contributed by atoms with E-state index in [1.165, 1.54) is 0 Å². The zero-order chi connectivity index (χ0) is 18.1. The molecule has 1 heterocycles. The molecule has 0 spiro atoms. The first-order valence-electron chi connectivity index (χ1n) is 8.27. The van der Waals surface area contributed by atoms with Gasteiger partial charge in [0.05, 0.1) is 39.6 Å². The van der Waals surface area contributed by atoms with E-state index in [4.69, 9.17) is 27.1 Å². The maximum Gasteiger partial charge on any atom is 0.349 e. The quantitative estimate of drug-likeness (QED) is 0.367. The van der Waals surface area contributed by atoms with Gasteiger partial charge in [-0.3, -0.25) is 0 Å². The minimum absolute atomic E-state index is 0.386. The van der Waals surface area contributed by atoms with Gasteiger partial charge in [-0.25, -0.2) is 0 Å². The van der Waals surface area contributed by atoms with E-state index in [-0.39, 0.29) is 0 Å². The molecule has 0 atom stereocenters. The van der Waals surface area contributed by atoms with Crippen molar-refractivity contribution in [2.45, 2.75) is 41.5 Å². The van der Waals surface area contributed by atoms with Crippen molar-refractivity contribution in [1.82, 2.24) is 0 Å². The fourth-order valence-corrected chi connectivity index (χ4v) is 11.5. The van der Waals surface area contributed by atoms with E-state index in [2.05, 4.69) is 13.5 Å². The highest BCUT2D eigenvalue weighted by Gasteiger charge is 2.42. The van der Waals surface area contributed by atoms with Crippen molar-refractivity contribution in [3.63, 3.8) is 0 Å². The molecule has 0 fully saturated rings. The average molecular weight is 405 g/mol. The molecule has 9 nitrogen and oxygen atoms in total. The third kappa shape index (κ3) is 5.73. The summed E-state index contributed by atoms with van der Waals surface area (Å²) < 4.78 is 48.9. The lowest BCUT2D eigenvalue weighted by molar-refractivity contribution is 0.234. The van der Waals surface area contributed by atoms with Crippen LogP contribution in [0.2, 0.25) is 0 Å². The molecule has 1 aliphatic heterocycles. The number of hydrogen-bond acceptors (Lipinski definition) is 9. The van der Waals surface area contributed by atoms with Gasteiger partial charge in [-0.2, -0.15) is 0 Å². The van der Waals surface area contributed by atoms with Crippen LogP contribution in [0.3, 0.4) is 0 Å². The third-order valence-electron chi connectivity index (χ3n) is 2.46. The Balaban J connectivity index is 3.69. The molecule has 0 saturated carbocycles. The topological polar surface area (TPSA) is 92.5 Å². The number of hydrogen-bond donors (Lipinski definition) is 0. The summed E-state index contributed by atoms with van der Waals surface area (Å²) in [4.78, 5) is 0. The predicted octanol–water partition coefficient (Wildman–Crippen LogP) is 6.06. The van der Waals surface area contributed by atoms with Gasteiger partial charge in [0.1, 0.15) is 0 Å². The Kier molecular flexibility index (Phi) is 9.90. The zero-order valence-electron chi connectivity index (χ0n) is 15.4. The fraction of sp³-hybridized carbons (Fsp3) is 1.00. The molecule has 0 aromatic carbocycles. The highest BCUT2D eigenvalue weighted by atomic mass is 31.3. The van der Waals surface area contributed by atoms with E-state index in [1.807, 2.05) is 41.5 Å². The molecule has 0 aromatic rings. The Labute approximate surface area is 145 Å².